The molecule has 11 aromatic rings. The van der Waals surface area contributed by atoms with Gasteiger partial charge in [-0.05, 0) is 131 Å². The molecule has 3 aliphatic carbocycles. The van der Waals surface area contributed by atoms with Gasteiger partial charge in [0.15, 0.2) is 0 Å². The molecule has 0 unspecified atom stereocenters. The van der Waals surface area contributed by atoms with Crippen molar-refractivity contribution in [2.45, 2.75) is 50.4 Å². The minimum absolute atomic E-state index is 0.110. The maximum atomic E-state index is 2.63. The van der Waals surface area contributed by atoms with E-state index in [1.807, 2.05) is 11.3 Å². The van der Waals surface area contributed by atoms with E-state index < -0.39 is 0 Å². The molecule has 14 rings (SSSR count). The van der Waals surface area contributed by atoms with Crippen molar-refractivity contribution in [2.24, 2.45) is 0 Å². The fraction of sp³-hybridized carbons (Fsp3) is 0.133. The summed E-state index contributed by atoms with van der Waals surface area (Å²) in [6, 6.07) is 64.6. The van der Waals surface area contributed by atoms with Gasteiger partial charge in [0.2, 0.25) is 0 Å². The van der Waals surface area contributed by atoms with Crippen LogP contribution >= 0.6 is 11.3 Å². The van der Waals surface area contributed by atoms with Gasteiger partial charge in [0.05, 0.1) is 22.1 Å². The standard InChI is InChI=1S/C60H44N2S/c1-3-13-38(14-4-1)39-21-25-42(26-22-39)61-56-34-41(24-29-47(56)50-36-53-49(37-57(50)61)44-15-5-8-18-52(44)60(53)31-11-2-12-32-60)40-23-28-46-45-16-6-9-19-54(45)62(55(46)33-40)43-27-30-59-51(35-43)48-17-7-10-20-58(48)63-59/h1,3-10,13-21,23-25,27-30,33-37H,2,11-12,22,26,31-32H2. The Morgan fingerprint density at radius 1 is 0.397 bits per heavy atom. The second-order valence-corrected chi connectivity index (χ2v) is 19.3. The highest BCUT2D eigenvalue weighted by molar-refractivity contribution is 7.25. The van der Waals surface area contributed by atoms with Crippen LogP contribution in [0.25, 0.3) is 103 Å². The number of benzene rings is 8. The van der Waals surface area contributed by atoms with Crippen LogP contribution in [0.2, 0.25) is 0 Å². The summed E-state index contributed by atoms with van der Waals surface area (Å²) >= 11 is 1.88. The molecule has 3 heterocycles. The predicted molar refractivity (Wildman–Crippen MR) is 269 cm³/mol. The van der Waals surface area contributed by atoms with E-state index >= 15 is 0 Å². The first-order valence-electron chi connectivity index (χ1n) is 22.8. The van der Waals surface area contributed by atoms with E-state index in [2.05, 4.69) is 191 Å². The summed E-state index contributed by atoms with van der Waals surface area (Å²) < 4.78 is 7.77. The fourth-order valence-electron chi connectivity index (χ4n) is 12.1. The van der Waals surface area contributed by atoms with Crippen molar-refractivity contribution >= 4 is 86.4 Å². The number of rotatable bonds is 4. The molecule has 1 fully saturated rings. The van der Waals surface area contributed by atoms with Gasteiger partial charge in [0.1, 0.15) is 0 Å². The summed E-state index contributed by atoms with van der Waals surface area (Å²) in [4.78, 5) is 0. The summed E-state index contributed by atoms with van der Waals surface area (Å²) in [5.41, 5.74) is 18.9. The molecule has 3 heteroatoms. The summed E-state index contributed by atoms with van der Waals surface area (Å²) in [6.07, 6.45) is 13.2. The van der Waals surface area contributed by atoms with Crippen LogP contribution in [0.3, 0.4) is 0 Å². The van der Waals surface area contributed by atoms with E-state index in [0.29, 0.717) is 0 Å². The normalized spacial score (nSPS) is 15.8. The maximum absolute atomic E-state index is 2.63. The SMILES string of the molecule is C1=C(c2ccccc2)CCC(n2c3cc(-c4ccc5c6ccccc6n(-c6ccc7sc8ccccc8c7c6)c5c4)ccc3c3cc4c(cc32)-c2ccccc2C42CCCCC2)=C1. The molecule has 0 N–H and O–H groups in total. The van der Waals surface area contributed by atoms with Gasteiger partial charge < -0.3 is 9.13 Å². The number of allylic oxidation sites excluding steroid dienone is 4. The van der Waals surface area contributed by atoms with E-state index in [4.69, 9.17) is 0 Å². The zero-order valence-corrected chi connectivity index (χ0v) is 35.9. The van der Waals surface area contributed by atoms with Gasteiger partial charge in [-0.15, -0.1) is 11.3 Å². The van der Waals surface area contributed by atoms with Crippen LogP contribution in [0.4, 0.5) is 0 Å². The fourth-order valence-corrected chi connectivity index (χ4v) is 13.2. The third-order valence-corrected chi connectivity index (χ3v) is 16.2. The second kappa shape index (κ2) is 13.5. The van der Waals surface area contributed by atoms with Crippen molar-refractivity contribution in [1.82, 2.24) is 9.13 Å². The Morgan fingerprint density at radius 3 is 1.90 bits per heavy atom. The number of fused-ring (bicyclic) bond motifs is 14. The largest absolute Gasteiger partial charge is 0.313 e. The van der Waals surface area contributed by atoms with Crippen LogP contribution in [0, 0.1) is 0 Å². The Labute approximate surface area is 370 Å². The first-order valence-corrected chi connectivity index (χ1v) is 23.7. The molecule has 1 saturated carbocycles. The smallest absolute Gasteiger partial charge is 0.0547 e. The predicted octanol–water partition coefficient (Wildman–Crippen LogP) is 16.9. The minimum atomic E-state index is 0.110. The molecule has 8 aromatic carbocycles. The van der Waals surface area contributed by atoms with Gasteiger partial charge in [0, 0.05) is 58.5 Å². The van der Waals surface area contributed by atoms with Crippen molar-refractivity contribution in [2.75, 3.05) is 0 Å². The first kappa shape index (κ1) is 35.6. The average molecular weight is 825 g/mol. The molecule has 2 nitrogen and oxygen atoms in total. The van der Waals surface area contributed by atoms with Crippen LogP contribution in [0.5, 0.6) is 0 Å². The summed E-state index contributed by atoms with van der Waals surface area (Å²) in [5, 5.41) is 7.91. The summed E-state index contributed by atoms with van der Waals surface area (Å²) in [7, 11) is 0. The molecule has 0 saturated heterocycles. The van der Waals surface area contributed by atoms with Crippen LogP contribution in [-0.4, -0.2) is 9.13 Å². The zero-order valence-electron chi connectivity index (χ0n) is 35.1. The lowest BCUT2D eigenvalue weighted by Gasteiger charge is -2.36. The first-order chi connectivity index (χ1) is 31.2. The third-order valence-electron chi connectivity index (χ3n) is 15.0. The molecule has 1 spiro atoms. The van der Waals surface area contributed by atoms with Gasteiger partial charge in [-0.1, -0.05) is 141 Å². The molecular weight excluding hydrogens is 781 g/mol. The lowest BCUT2D eigenvalue weighted by Crippen LogP contribution is -2.27. The van der Waals surface area contributed by atoms with E-state index in [-0.39, 0.29) is 5.41 Å². The average Bonchev–Trinajstić information content (AvgIpc) is 4.06. The zero-order chi connectivity index (χ0) is 41.2. The number of aromatic nitrogens is 2. The molecule has 0 bridgehead atoms. The topological polar surface area (TPSA) is 9.86 Å². The Kier molecular flexibility index (Phi) is 7.65. The summed E-state index contributed by atoms with van der Waals surface area (Å²) in [5.74, 6) is 0. The molecule has 3 aliphatic rings. The van der Waals surface area contributed by atoms with Crippen LogP contribution in [0.1, 0.15) is 61.6 Å². The molecule has 0 atom stereocenters. The lowest BCUT2D eigenvalue weighted by molar-refractivity contribution is 0.353. The van der Waals surface area contributed by atoms with Crippen molar-refractivity contribution in [3.8, 4) is 27.9 Å². The van der Waals surface area contributed by atoms with Crippen molar-refractivity contribution in [1.29, 1.82) is 0 Å². The van der Waals surface area contributed by atoms with Gasteiger partial charge in [-0.25, -0.2) is 0 Å². The highest BCUT2D eigenvalue weighted by Crippen LogP contribution is 2.57. The highest BCUT2D eigenvalue weighted by atomic mass is 32.1. The maximum Gasteiger partial charge on any atom is 0.0547 e. The number of thiophene rings is 1. The number of hydrogen-bond donors (Lipinski definition) is 0. The second-order valence-electron chi connectivity index (χ2n) is 18.2. The molecule has 0 aliphatic heterocycles. The Morgan fingerprint density at radius 2 is 1.08 bits per heavy atom. The lowest BCUT2D eigenvalue weighted by atomic mass is 9.68. The van der Waals surface area contributed by atoms with Crippen molar-refractivity contribution < 1.29 is 0 Å². The number of nitrogens with zero attached hydrogens (tertiary/aromatic N) is 2. The Balaban J connectivity index is 0.987. The summed E-state index contributed by atoms with van der Waals surface area (Å²) in [6.45, 7) is 0. The van der Waals surface area contributed by atoms with E-state index in [9.17, 15) is 0 Å². The molecule has 3 aromatic heterocycles. The van der Waals surface area contributed by atoms with Crippen LogP contribution in [-0.2, 0) is 5.41 Å². The molecule has 63 heavy (non-hydrogen) atoms. The van der Waals surface area contributed by atoms with Gasteiger partial charge >= 0.3 is 0 Å². The Bertz CT molecular complexity index is 3770. The van der Waals surface area contributed by atoms with E-state index in [1.54, 1.807) is 11.1 Å². The molecule has 300 valence electrons. The highest BCUT2D eigenvalue weighted by Gasteiger charge is 2.44. The van der Waals surface area contributed by atoms with Gasteiger partial charge in [0.25, 0.3) is 0 Å². The monoisotopic (exact) mass is 824 g/mol. The van der Waals surface area contributed by atoms with Crippen LogP contribution < -0.4 is 0 Å². The minimum Gasteiger partial charge on any atom is -0.313 e. The quantitative estimate of drug-likeness (QED) is 0.167. The third kappa shape index (κ3) is 5.18. The van der Waals surface area contributed by atoms with Crippen LogP contribution in [0.15, 0.2) is 182 Å². The van der Waals surface area contributed by atoms with Gasteiger partial charge in [-0.2, -0.15) is 0 Å². The number of para-hydroxylation sites is 1. The molecule has 0 radical (unpaired) electrons. The molecule has 0 amide bonds. The molecular formula is C60H44N2S. The van der Waals surface area contributed by atoms with E-state index in [0.717, 1.165) is 12.8 Å². The number of hydrogen-bond acceptors (Lipinski definition) is 1. The van der Waals surface area contributed by atoms with Crippen molar-refractivity contribution in [3.05, 3.63) is 199 Å². The Hall–Kier alpha value is -6.94. The van der Waals surface area contributed by atoms with E-state index in [1.165, 1.54) is 141 Å². The van der Waals surface area contributed by atoms with Gasteiger partial charge in [-0.3, -0.25) is 0 Å². The van der Waals surface area contributed by atoms with Crippen molar-refractivity contribution in [3.63, 3.8) is 0 Å².